The fourth-order valence-corrected chi connectivity index (χ4v) is 1.13. The van der Waals surface area contributed by atoms with Crippen molar-refractivity contribution in [3.8, 4) is 0 Å². The minimum Gasteiger partial charge on any atom is -0.479 e. The maximum absolute atomic E-state index is 10.2. The van der Waals surface area contributed by atoms with Crippen molar-refractivity contribution in [2.45, 2.75) is 6.61 Å². The molecule has 0 heterocycles. The molecule has 0 aliphatic carbocycles. The Hall–Kier alpha value is -1.88. The highest BCUT2D eigenvalue weighted by molar-refractivity contribution is 5.81. The monoisotopic (exact) mass is 223 g/mol. The van der Waals surface area contributed by atoms with Crippen molar-refractivity contribution in [2.24, 2.45) is 5.16 Å². The lowest BCUT2D eigenvalue weighted by molar-refractivity contribution is -0.142. The molecule has 0 bridgehead atoms. The number of hydrogen-bond acceptors (Lipinski definition) is 4. The van der Waals surface area contributed by atoms with Crippen LogP contribution >= 0.6 is 0 Å². The van der Waals surface area contributed by atoms with Crippen molar-refractivity contribution in [3.05, 3.63) is 35.4 Å². The van der Waals surface area contributed by atoms with Gasteiger partial charge in [0.25, 0.3) is 0 Å². The molecule has 0 aliphatic heterocycles. The van der Waals surface area contributed by atoms with E-state index >= 15 is 0 Å². The van der Waals surface area contributed by atoms with Crippen LogP contribution in [0, 0.1) is 0 Å². The number of aliphatic carboxylic acids is 1. The highest BCUT2D eigenvalue weighted by Crippen LogP contribution is 2.07. The largest absolute Gasteiger partial charge is 0.479 e. The molecule has 0 aliphatic rings. The molecular formula is C11H13NO4. The molecule has 1 rings (SSSR count). The summed E-state index contributed by atoms with van der Waals surface area (Å²) in [5.74, 6) is -1.05. The van der Waals surface area contributed by atoms with Gasteiger partial charge in [0.2, 0.25) is 6.61 Å². The number of benzene rings is 1. The van der Waals surface area contributed by atoms with E-state index in [-0.39, 0.29) is 0 Å². The van der Waals surface area contributed by atoms with E-state index in [0.29, 0.717) is 6.61 Å². The first kappa shape index (κ1) is 12.2. The first-order valence-corrected chi connectivity index (χ1v) is 4.68. The maximum Gasteiger partial charge on any atom is 0.344 e. The molecular weight excluding hydrogens is 210 g/mol. The van der Waals surface area contributed by atoms with Crippen LogP contribution < -0.4 is 0 Å². The summed E-state index contributed by atoms with van der Waals surface area (Å²) in [6.45, 7) is 0.0318. The van der Waals surface area contributed by atoms with E-state index in [9.17, 15) is 4.79 Å². The normalized spacial score (nSPS) is 10.6. The van der Waals surface area contributed by atoms with Gasteiger partial charge in [-0.25, -0.2) is 4.79 Å². The minimum absolute atomic E-state index is 0.442. The molecule has 1 aromatic carbocycles. The van der Waals surface area contributed by atoms with Gasteiger partial charge in [-0.3, -0.25) is 0 Å². The smallest absolute Gasteiger partial charge is 0.344 e. The second-order valence-electron chi connectivity index (χ2n) is 3.03. The summed E-state index contributed by atoms with van der Waals surface area (Å²) >= 11 is 0. The molecule has 0 fully saturated rings. The second-order valence-corrected chi connectivity index (χ2v) is 3.03. The Morgan fingerprint density at radius 2 is 2.25 bits per heavy atom. The molecule has 0 saturated carbocycles. The Morgan fingerprint density at radius 3 is 2.94 bits per heavy atom. The third-order valence-corrected chi connectivity index (χ3v) is 1.81. The molecule has 0 spiro atoms. The molecule has 0 radical (unpaired) electrons. The summed E-state index contributed by atoms with van der Waals surface area (Å²) in [4.78, 5) is 14.7. The number of rotatable bonds is 6. The van der Waals surface area contributed by atoms with Crippen LogP contribution in [0.3, 0.4) is 0 Å². The van der Waals surface area contributed by atoms with Crippen LogP contribution in [0.1, 0.15) is 11.1 Å². The van der Waals surface area contributed by atoms with Crippen LogP contribution in [0.15, 0.2) is 29.4 Å². The topological polar surface area (TPSA) is 68.1 Å². The molecule has 5 nitrogen and oxygen atoms in total. The van der Waals surface area contributed by atoms with Gasteiger partial charge in [-0.2, -0.15) is 0 Å². The van der Waals surface area contributed by atoms with Gasteiger partial charge in [-0.15, -0.1) is 0 Å². The number of hydrogen-bond donors (Lipinski definition) is 1. The number of ether oxygens (including phenoxy) is 1. The molecule has 86 valence electrons. The third-order valence-electron chi connectivity index (χ3n) is 1.81. The number of oxime groups is 1. The van der Waals surface area contributed by atoms with E-state index in [4.69, 9.17) is 9.84 Å². The average Bonchev–Trinajstić information content (AvgIpc) is 2.26. The summed E-state index contributed by atoms with van der Waals surface area (Å²) in [5.41, 5.74) is 1.81. The number of methoxy groups -OCH3 is 1. The Kier molecular flexibility index (Phi) is 5.01. The number of nitrogens with zero attached hydrogens (tertiary/aromatic N) is 1. The van der Waals surface area contributed by atoms with Crippen molar-refractivity contribution < 1.29 is 19.5 Å². The summed E-state index contributed by atoms with van der Waals surface area (Å²) in [6, 6.07) is 7.51. The quantitative estimate of drug-likeness (QED) is 0.582. The van der Waals surface area contributed by atoms with E-state index in [1.165, 1.54) is 6.21 Å². The molecule has 0 amide bonds. The SMILES string of the molecule is COCc1ccccc1C=NOCC(=O)O. The van der Waals surface area contributed by atoms with Crippen LogP contribution in [0.2, 0.25) is 0 Å². The fourth-order valence-electron chi connectivity index (χ4n) is 1.13. The molecule has 0 unspecified atom stereocenters. The highest BCUT2D eigenvalue weighted by Gasteiger charge is 1.98. The van der Waals surface area contributed by atoms with E-state index in [1.54, 1.807) is 7.11 Å². The summed E-state index contributed by atoms with van der Waals surface area (Å²) in [7, 11) is 1.61. The highest BCUT2D eigenvalue weighted by atomic mass is 16.6. The number of carbonyl (C=O) groups is 1. The van der Waals surface area contributed by atoms with Crippen molar-refractivity contribution in [2.75, 3.05) is 13.7 Å². The maximum atomic E-state index is 10.2. The first-order valence-electron chi connectivity index (χ1n) is 4.68. The zero-order valence-corrected chi connectivity index (χ0v) is 8.92. The lowest BCUT2D eigenvalue weighted by Gasteiger charge is -2.03. The Labute approximate surface area is 93.3 Å². The van der Waals surface area contributed by atoms with Crippen molar-refractivity contribution in [3.63, 3.8) is 0 Å². The third kappa shape index (κ3) is 4.10. The van der Waals surface area contributed by atoms with Gasteiger partial charge in [0, 0.05) is 12.7 Å². The molecule has 16 heavy (non-hydrogen) atoms. The molecule has 1 N–H and O–H groups in total. The molecule has 5 heteroatoms. The molecule has 0 saturated heterocycles. The fraction of sp³-hybridized carbons (Fsp3) is 0.273. The van der Waals surface area contributed by atoms with Crippen molar-refractivity contribution >= 4 is 12.2 Å². The number of carboxylic acids is 1. The van der Waals surface area contributed by atoms with Gasteiger partial charge in [0.15, 0.2) is 0 Å². The van der Waals surface area contributed by atoms with Gasteiger partial charge in [0.1, 0.15) is 0 Å². The molecule has 1 aromatic rings. The van der Waals surface area contributed by atoms with E-state index in [0.717, 1.165) is 11.1 Å². The summed E-state index contributed by atoms with van der Waals surface area (Å²) in [6.07, 6.45) is 1.47. The van der Waals surface area contributed by atoms with Gasteiger partial charge in [0.05, 0.1) is 12.8 Å². The van der Waals surface area contributed by atoms with Crippen LogP contribution in [-0.4, -0.2) is 31.0 Å². The molecule has 0 atom stereocenters. The Bertz CT molecular complexity index is 376. The Balaban J connectivity index is 2.61. The van der Waals surface area contributed by atoms with E-state index < -0.39 is 12.6 Å². The minimum atomic E-state index is -1.05. The zero-order valence-electron chi connectivity index (χ0n) is 8.92. The predicted octanol–water partition coefficient (Wildman–Crippen LogP) is 1.27. The predicted molar refractivity (Wildman–Crippen MR) is 58.3 cm³/mol. The van der Waals surface area contributed by atoms with Gasteiger partial charge < -0.3 is 14.7 Å². The average molecular weight is 223 g/mol. The van der Waals surface area contributed by atoms with Crippen LogP contribution in [0.25, 0.3) is 0 Å². The standard InChI is InChI=1S/C11H13NO4/c1-15-7-10-5-3-2-4-9(10)6-12-16-8-11(13)14/h2-6H,7-8H2,1H3,(H,13,14). The van der Waals surface area contributed by atoms with Crippen molar-refractivity contribution in [1.29, 1.82) is 0 Å². The van der Waals surface area contributed by atoms with Gasteiger partial charge in [-0.05, 0) is 5.56 Å². The second kappa shape index (κ2) is 6.58. The van der Waals surface area contributed by atoms with Crippen LogP contribution in [-0.2, 0) is 21.0 Å². The first-order chi connectivity index (χ1) is 7.74. The molecule has 0 aromatic heterocycles. The van der Waals surface area contributed by atoms with Crippen molar-refractivity contribution in [1.82, 2.24) is 0 Å². The van der Waals surface area contributed by atoms with E-state index in [2.05, 4.69) is 9.99 Å². The zero-order chi connectivity index (χ0) is 11.8. The van der Waals surface area contributed by atoms with Crippen LogP contribution in [0.5, 0.6) is 0 Å². The van der Waals surface area contributed by atoms with Crippen LogP contribution in [0.4, 0.5) is 0 Å². The number of carboxylic acid groups (broad SMARTS) is 1. The lowest BCUT2D eigenvalue weighted by Crippen LogP contribution is -2.03. The lowest BCUT2D eigenvalue weighted by atomic mass is 10.1. The Morgan fingerprint density at radius 1 is 1.50 bits per heavy atom. The van der Waals surface area contributed by atoms with Gasteiger partial charge in [-0.1, -0.05) is 29.4 Å². The summed E-state index contributed by atoms with van der Waals surface area (Å²) < 4.78 is 5.02. The van der Waals surface area contributed by atoms with E-state index in [1.807, 2.05) is 24.3 Å². The summed E-state index contributed by atoms with van der Waals surface area (Å²) in [5, 5.41) is 11.9. The van der Waals surface area contributed by atoms with Gasteiger partial charge >= 0.3 is 5.97 Å².